The van der Waals surface area contributed by atoms with Crippen molar-refractivity contribution >= 4 is 5.84 Å². The first-order valence-electron chi connectivity index (χ1n) is 4.43. The molecule has 2 N–H and O–H groups in total. The molecule has 2 nitrogen and oxygen atoms in total. The second kappa shape index (κ2) is 6.89. The summed E-state index contributed by atoms with van der Waals surface area (Å²) in [6, 6.07) is 0. The molecule has 0 bridgehead atoms. The molecule has 12 heavy (non-hydrogen) atoms. The maximum atomic E-state index is 5.64. The van der Waals surface area contributed by atoms with Crippen LogP contribution in [0.5, 0.6) is 0 Å². The predicted octanol–water partition coefficient (Wildman–Crippen LogP) is 2.95. The van der Waals surface area contributed by atoms with Gasteiger partial charge in [-0.15, -0.1) is 0 Å². The van der Waals surface area contributed by atoms with Crippen molar-refractivity contribution in [2.75, 3.05) is 0 Å². The van der Waals surface area contributed by atoms with Crippen LogP contribution in [0.2, 0.25) is 0 Å². The topological polar surface area (TPSA) is 38.4 Å². The number of allylic oxidation sites excluding steroid dienone is 1. The molecule has 0 rings (SSSR count). The zero-order valence-corrected chi connectivity index (χ0v) is 9.18. The van der Waals surface area contributed by atoms with E-state index in [0.29, 0.717) is 5.84 Å². The fraction of sp³-hybridized carbons (Fsp3) is 0.700. The van der Waals surface area contributed by atoms with Gasteiger partial charge in [-0.3, -0.25) is 0 Å². The van der Waals surface area contributed by atoms with Crippen LogP contribution >= 0.6 is 0 Å². The smallest absolute Gasteiger partial charge is 0.104 e. The molecule has 0 amide bonds. The molecule has 0 unspecified atom stereocenters. The summed E-state index contributed by atoms with van der Waals surface area (Å²) in [6.45, 7) is 12.0. The number of amidine groups is 1. The van der Waals surface area contributed by atoms with Crippen LogP contribution in [0.1, 0.15) is 41.5 Å². The van der Waals surface area contributed by atoms with Crippen LogP contribution in [-0.2, 0) is 0 Å². The summed E-state index contributed by atoms with van der Waals surface area (Å²) in [5, 5.41) is 0. The third-order valence-electron chi connectivity index (χ3n) is 1.13. The summed E-state index contributed by atoms with van der Waals surface area (Å²) in [6.07, 6.45) is 3.57. The van der Waals surface area contributed by atoms with E-state index in [1.807, 2.05) is 47.6 Å². The predicted molar refractivity (Wildman–Crippen MR) is 57.2 cm³/mol. The van der Waals surface area contributed by atoms with Crippen molar-refractivity contribution in [2.24, 2.45) is 16.1 Å². The van der Waals surface area contributed by atoms with E-state index in [1.54, 1.807) is 6.20 Å². The maximum absolute atomic E-state index is 5.64. The van der Waals surface area contributed by atoms with E-state index in [9.17, 15) is 0 Å². The summed E-state index contributed by atoms with van der Waals surface area (Å²) in [7, 11) is 0. The molecule has 0 saturated heterocycles. The lowest BCUT2D eigenvalue weighted by Crippen LogP contribution is -2.28. The number of aliphatic imine (C=N–C) groups is 1. The number of nitrogens with zero attached hydrogens (tertiary/aromatic N) is 1. The molecule has 0 aliphatic rings. The Balaban J connectivity index is 0. The van der Waals surface area contributed by atoms with Crippen molar-refractivity contribution in [3.63, 3.8) is 0 Å². The summed E-state index contributed by atoms with van der Waals surface area (Å²) in [5.74, 6) is 0.672. The van der Waals surface area contributed by atoms with E-state index in [0.717, 1.165) is 0 Å². The highest BCUT2D eigenvalue weighted by molar-refractivity contribution is 5.85. The Morgan fingerprint density at radius 2 is 1.67 bits per heavy atom. The third-order valence-corrected chi connectivity index (χ3v) is 1.13. The van der Waals surface area contributed by atoms with E-state index in [1.165, 1.54) is 0 Å². The minimum absolute atomic E-state index is 0.0144. The lowest BCUT2D eigenvalue weighted by Gasteiger charge is -2.16. The molecule has 0 atom stereocenters. The van der Waals surface area contributed by atoms with E-state index in [-0.39, 0.29) is 5.41 Å². The van der Waals surface area contributed by atoms with Crippen LogP contribution in [0.4, 0.5) is 0 Å². The highest BCUT2D eigenvalue weighted by atomic mass is 14.9. The van der Waals surface area contributed by atoms with E-state index >= 15 is 0 Å². The zero-order chi connectivity index (χ0) is 10.2. The summed E-state index contributed by atoms with van der Waals surface area (Å²) in [4.78, 5) is 4.03. The van der Waals surface area contributed by atoms with Gasteiger partial charge >= 0.3 is 0 Å². The van der Waals surface area contributed by atoms with Gasteiger partial charge < -0.3 is 5.73 Å². The zero-order valence-electron chi connectivity index (χ0n) is 9.18. The SMILES string of the molecule is C/C=C\N=C(N)C(C)(C)C.CC. The fourth-order valence-corrected chi connectivity index (χ4v) is 0.348. The van der Waals surface area contributed by atoms with Crippen molar-refractivity contribution < 1.29 is 0 Å². The van der Waals surface area contributed by atoms with Gasteiger partial charge in [0.15, 0.2) is 0 Å². The molecule has 0 saturated carbocycles. The van der Waals surface area contributed by atoms with Gasteiger partial charge in [-0.05, 0) is 6.92 Å². The highest BCUT2D eigenvalue weighted by Crippen LogP contribution is 2.12. The highest BCUT2D eigenvalue weighted by Gasteiger charge is 2.13. The Bertz CT molecular complexity index is 150. The minimum atomic E-state index is -0.0144. The molecule has 0 aliphatic carbocycles. The average Bonchev–Trinajstić information content (AvgIpc) is 2.02. The molecule has 2 heteroatoms. The Morgan fingerprint density at radius 1 is 1.25 bits per heavy atom. The largest absolute Gasteiger partial charge is 0.387 e. The molecular weight excluding hydrogens is 148 g/mol. The molecule has 0 aliphatic heterocycles. The first-order chi connectivity index (χ1) is 5.48. The molecule has 0 radical (unpaired) electrons. The third kappa shape index (κ3) is 7.32. The average molecular weight is 170 g/mol. The second-order valence-corrected chi connectivity index (χ2v) is 3.25. The Hall–Kier alpha value is -0.790. The molecule has 0 aromatic heterocycles. The molecule has 72 valence electrons. The Morgan fingerprint density at radius 3 is 1.92 bits per heavy atom. The van der Waals surface area contributed by atoms with Crippen LogP contribution in [0.25, 0.3) is 0 Å². The second-order valence-electron chi connectivity index (χ2n) is 3.25. The van der Waals surface area contributed by atoms with Crippen LogP contribution < -0.4 is 5.73 Å². The standard InChI is InChI=1S/C8H16N2.C2H6/c1-5-6-10-7(9)8(2,3)4;1-2/h5-6H,1-4H3,(H2,9,10);1-2H3/b6-5-;. The fourth-order valence-electron chi connectivity index (χ4n) is 0.348. The minimum Gasteiger partial charge on any atom is -0.387 e. The number of nitrogens with two attached hydrogens (primary N) is 1. The first-order valence-corrected chi connectivity index (χ1v) is 4.43. The summed E-state index contributed by atoms with van der Waals surface area (Å²) in [5.41, 5.74) is 5.62. The van der Waals surface area contributed by atoms with E-state index < -0.39 is 0 Å². The van der Waals surface area contributed by atoms with Crippen molar-refractivity contribution in [1.82, 2.24) is 0 Å². The van der Waals surface area contributed by atoms with Gasteiger partial charge in [0.1, 0.15) is 5.84 Å². The van der Waals surface area contributed by atoms with Gasteiger partial charge in [0.05, 0.1) is 0 Å². The number of rotatable bonds is 1. The molecule has 0 aromatic carbocycles. The molecule has 0 spiro atoms. The summed E-state index contributed by atoms with van der Waals surface area (Å²) < 4.78 is 0. The van der Waals surface area contributed by atoms with Gasteiger partial charge in [0.2, 0.25) is 0 Å². The van der Waals surface area contributed by atoms with Gasteiger partial charge in [0, 0.05) is 11.6 Å². The molecule has 0 fully saturated rings. The van der Waals surface area contributed by atoms with E-state index in [2.05, 4.69) is 4.99 Å². The van der Waals surface area contributed by atoms with Crippen LogP contribution in [0.3, 0.4) is 0 Å². The van der Waals surface area contributed by atoms with Crippen molar-refractivity contribution in [2.45, 2.75) is 41.5 Å². The van der Waals surface area contributed by atoms with Gasteiger partial charge in [-0.25, -0.2) is 4.99 Å². The van der Waals surface area contributed by atoms with Crippen molar-refractivity contribution in [1.29, 1.82) is 0 Å². The summed E-state index contributed by atoms with van der Waals surface area (Å²) >= 11 is 0. The van der Waals surface area contributed by atoms with Crippen LogP contribution in [-0.4, -0.2) is 5.84 Å². The van der Waals surface area contributed by atoms with Gasteiger partial charge in [-0.2, -0.15) is 0 Å². The monoisotopic (exact) mass is 170 g/mol. The molecule has 0 aromatic rings. The number of hydrogen-bond acceptors (Lipinski definition) is 1. The quantitative estimate of drug-likeness (QED) is 0.477. The first kappa shape index (κ1) is 13.8. The van der Waals surface area contributed by atoms with Gasteiger partial charge in [0.25, 0.3) is 0 Å². The van der Waals surface area contributed by atoms with E-state index in [4.69, 9.17) is 5.73 Å². The lowest BCUT2D eigenvalue weighted by molar-refractivity contribution is 0.585. The molecular formula is C10H22N2. The van der Waals surface area contributed by atoms with Crippen LogP contribution in [0, 0.1) is 5.41 Å². The van der Waals surface area contributed by atoms with Gasteiger partial charge in [-0.1, -0.05) is 40.7 Å². The Labute approximate surface area is 76.6 Å². The Kier molecular flexibility index (Phi) is 7.91. The van der Waals surface area contributed by atoms with Crippen LogP contribution in [0.15, 0.2) is 17.3 Å². The van der Waals surface area contributed by atoms with Crippen molar-refractivity contribution in [3.8, 4) is 0 Å². The normalized spacial score (nSPS) is 12.7. The van der Waals surface area contributed by atoms with Crippen molar-refractivity contribution in [3.05, 3.63) is 12.3 Å². The number of hydrogen-bond donors (Lipinski definition) is 1. The molecule has 0 heterocycles. The lowest BCUT2D eigenvalue weighted by atomic mass is 9.95. The maximum Gasteiger partial charge on any atom is 0.104 e.